The summed E-state index contributed by atoms with van der Waals surface area (Å²) in [5, 5.41) is 3.25. The molecule has 0 aliphatic carbocycles. The maximum atomic E-state index is 14.1. The number of halogens is 1. The van der Waals surface area contributed by atoms with Crippen LogP contribution < -0.4 is 10.2 Å². The third-order valence-corrected chi connectivity index (χ3v) is 3.09. The van der Waals surface area contributed by atoms with Gasteiger partial charge in [0, 0.05) is 47.5 Å². The van der Waals surface area contributed by atoms with E-state index in [-0.39, 0.29) is 5.82 Å². The molecule has 0 atom stereocenters. The molecule has 20 heavy (non-hydrogen) atoms. The lowest BCUT2D eigenvalue weighted by molar-refractivity contribution is 0.196. The molecule has 1 rings (SSSR count). The molecule has 0 aromatic heterocycles. The van der Waals surface area contributed by atoms with Crippen LogP contribution >= 0.6 is 0 Å². The third-order valence-electron chi connectivity index (χ3n) is 3.09. The van der Waals surface area contributed by atoms with Gasteiger partial charge in [-0.2, -0.15) is 0 Å². The van der Waals surface area contributed by atoms with E-state index in [0.717, 1.165) is 25.1 Å². The van der Waals surface area contributed by atoms with Crippen LogP contribution in [0.25, 0.3) is 0 Å². The lowest BCUT2D eigenvalue weighted by Gasteiger charge is -2.23. The predicted molar refractivity (Wildman–Crippen MR) is 79.7 cm³/mol. The van der Waals surface area contributed by atoms with Crippen molar-refractivity contribution in [2.24, 2.45) is 0 Å². The minimum atomic E-state index is -0.184. The minimum Gasteiger partial charge on any atom is -0.385 e. The molecule has 5 heteroatoms. The number of nitrogens with zero attached hydrogens (tertiary/aromatic N) is 1. The quantitative estimate of drug-likeness (QED) is 0.667. The monoisotopic (exact) mass is 284 g/mol. The standard InChI is InChI=1S/C15H25FN2O2/c1-18(9-5-10-19-2)15-13(6-4-7-14(15)16)12-17-8-11-20-3/h4,6-7,17H,5,8-12H2,1-3H3. The number of ether oxygens (including phenoxy) is 2. The zero-order chi connectivity index (χ0) is 14.8. The molecule has 114 valence electrons. The predicted octanol–water partition coefficient (Wildman–Crippen LogP) is 2.03. The van der Waals surface area contributed by atoms with Crippen molar-refractivity contribution in [1.29, 1.82) is 0 Å². The van der Waals surface area contributed by atoms with Gasteiger partial charge in [0.1, 0.15) is 5.82 Å². The summed E-state index contributed by atoms with van der Waals surface area (Å²) in [6.07, 6.45) is 0.873. The fourth-order valence-electron chi connectivity index (χ4n) is 2.09. The van der Waals surface area contributed by atoms with E-state index < -0.39 is 0 Å². The summed E-state index contributed by atoms with van der Waals surface area (Å²) in [5.74, 6) is -0.184. The molecule has 0 saturated heterocycles. The van der Waals surface area contributed by atoms with Crippen LogP contribution in [-0.4, -0.2) is 47.6 Å². The molecule has 0 heterocycles. The summed E-state index contributed by atoms with van der Waals surface area (Å²) in [4.78, 5) is 1.95. The van der Waals surface area contributed by atoms with Gasteiger partial charge in [-0.25, -0.2) is 4.39 Å². The van der Waals surface area contributed by atoms with Gasteiger partial charge >= 0.3 is 0 Å². The molecular formula is C15H25FN2O2. The van der Waals surface area contributed by atoms with Crippen molar-refractivity contribution in [3.05, 3.63) is 29.6 Å². The van der Waals surface area contributed by atoms with E-state index in [0.29, 0.717) is 25.4 Å². The fourth-order valence-corrected chi connectivity index (χ4v) is 2.09. The van der Waals surface area contributed by atoms with E-state index in [1.54, 1.807) is 20.3 Å². The maximum absolute atomic E-state index is 14.1. The van der Waals surface area contributed by atoms with Crippen LogP contribution in [-0.2, 0) is 16.0 Å². The van der Waals surface area contributed by atoms with Gasteiger partial charge in [0.05, 0.1) is 12.3 Å². The first kappa shape index (κ1) is 16.9. The second-order valence-corrected chi connectivity index (χ2v) is 4.69. The first-order valence-electron chi connectivity index (χ1n) is 6.87. The third kappa shape index (κ3) is 5.45. The van der Waals surface area contributed by atoms with Gasteiger partial charge in [0.25, 0.3) is 0 Å². The van der Waals surface area contributed by atoms with Crippen LogP contribution in [0.3, 0.4) is 0 Å². The van der Waals surface area contributed by atoms with Gasteiger partial charge in [0.2, 0.25) is 0 Å². The van der Waals surface area contributed by atoms with Crippen LogP contribution in [0.1, 0.15) is 12.0 Å². The van der Waals surface area contributed by atoms with Crippen LogP contribution in [0.4, 0.5) is 10.1 Å². The topological polar surface area (TPSA) is 33.7 Å². The summed E-state index contributed by atoms with van der Waals surface area (Å²) in [6, 6.07) is 5.20. The van der Waals surface area contributed by atoms with Crippen molar-refractivity contribution in [2.75, 3.05) is 52.5 Å². The normalized spacial score (nSPS) is 10.8. The average Bonchev–Trinajstić information content (AvgIpc) is 2.44. The van der Waals surface area contributed by atoms with Crippen LogP contribution in [0.15, 0.2) is 18.2 Å². The number of hydrogen-bond acceptors (Lipinski definition) is 4. The molecule has 1 N–H and O–H groups in total. The molecule has 0 aliphatic heterocycles. The van der Waals surface area contributed by atoms with Crippen molar-refractivity contribution in [3.63, 3.8) is 0 Å². The molecule has 0 amide bonds. The van der Waals surface area contributed by atoms with Crippen LogP contribution in [0.2, 0.25) is 0 Å². The van der Waals surface area contributed by atoms with Crippen LogP contribution in [0.5, 0.6) is 0 Å². The summed E-state index contributed by atoms with van der Waals surface area (Å²) >= 11 is 0. The van der Waals surface area contributed by atoms with Crippen molar-refractivity contribution in [3.8, 4) is 0 Å². The lowest BCUT2D eigenvalue weighted by Crippen LogP contribution is -2.25. The van der Waals surface area contributed by atoms with Gasteiger partial charge in [-0.05, 0) is 18.1 Å². The molecule has 0 unspecified atom stereocenters. The van der Waals surface area contributed by atoms with Crippen molar-refractivity contribution >= 4 is 5.69 Å². The Balaban J connectivity index is 2.66. The molecule has 1 aromatic rings. The molecule has 0 radical (unpaired) electrons. The van der Waals surface area contributed by atoms with Crippen molar-refractivity contribution in [2.45, 2.75) is 13.0 Å². The fraction of sp³-hybridized carbons (Fsp3) is 0.600. The molecule has 0 fully saturated rings. The molecule has 0 spiro atoms. The molecule has 0 bridgehead atoms. The Hall–Kier alpha value is -1.17. The Bertz CT molecular complexity index is 388. The zero-order valence-electron chi connectivity index (χ0n) is 12.6. The Morgan fingerprint density at radius 1 is 1.20 bits per heavy atom. The highest BCUT2D eigenvalue weighted by Gasteiger charge is 2.12. The summed E-state index contributed by atoms with van der Waals surface area (Å²) < 4.78 is 24.1. The number of hydrogen-bond donors (Lipinski definition) is 1. The first-order chi connectivity index (χ1) is 9.70. The highest BCUT2D eigenvalue weighted by atomic mass is 19.1. The Morgan fingerprint density at radius 2 is 1.95 bits per heavy atom. The largest absolute Gasteiger partial charge is 0.385 e. The van der Waals surface area contributed by atoms with Crippen LogP contribution in [0, 0.1) is 5.82 Å². The molecule has 4 nitrogen and oxygen atoms in total. The zero-order valence-corrected chi connectivity index (χ0v) is 12.6. The number of nitrogens with one attached hydrogen (secondary N) is 1. The molecule has 1 aromatic carbocycles. The number of anilines is 1. The highest BCUT2D eigenvalue weighted by Crippen LogP contribution is 2.23. The summed E-state index contributed by atoms with van der Waals surface area (Å²) in [5.41, 5.74) is 1.62. The smallest absolute Gasteiger partial charge is 0.146 e. The van der Waals surface area contributed by atoms with Crippen molar-refractivity contribution < 1.29 is 13.9 Å². The second-order valence-electron chi connectivity index (χ2n) is 4.69. The number of methoxy groups -OCH3 is 2. The Labute approximate surface area is 120 Å². The number of rotatable bonds is 10. The molecular weight excluding hydrogens is 259 g/mol. The van der Waals surface area contributed by atoms with Gasteiger partial charge < -0.3 is 19.7 Å². The van der Waals surface area contributed by atoms with Gasteiger partial charge in [-0.3, -0.25) is 0 Å². The summed E-state index contributed by atoms with van der Waals surface area (Å²) in [7, 11) is 5.25. The van der Waals surface area contributed by atoms with Crippen molar-refractivity contribution in [1.82, 2.24) is 5.32 Å². The number of para-hydroxylation sites is 1. The van der Waals surface area contributed by atoms with E-state index in [9.17, 15) is 4.39 Å². The maximum Gasteiger partial charge on any atom is 0.146 e. The Morgan fingerprint density at radius 3 is 2.65 bits per heavy atom. The minimum absolute atomic E-state index is 0.184. The van der Waals surface area contributed by atoms with E-state index in [1.807, 2.05) is 18.0 Å². The lowest BCUT2D eigenvalue weighted by atomic mass is 10.1. The Kier molecular flexibility index (Phi) is 8.18. The SMILES string of the molecule is COCCCN(C)c1c(F)cccc1CNCCOC. The molecule has 0 aliphatic rings. The highest BCUT2D eigenvalue weighted by molar-refractivity contribution is 5.54. The molecule has 0 saturated carbocycles. The van der Waals surface area contributed by atoms with Gasteiger partial charge in [-0.15, -0.1) is 0 Å². The second kappa shape index (κ2) is 9.69. The van der Waals surface area contributed by atoms with E-state index in [4.69, 9.17) is 9.47 Å². The van der Waals surface area contributed by atoms with E-state index >= 15 is 0 Å². The van der Waals surface area contributed by atoms with Gasteiger partial charge in [0.15, 0.2) is 0 Å². The van der Waals surface area contributed by atoms with E-state index in [1.165, 1.54) is 6.07 Å². The first-order valence-corrected chi connectivity index (χ1v) is 6.87. The summed E-state index contributed by atoms with van der Waals surface area (Å²) in [6.45, 7) is 3.47. The number of benzene rings is 1. The van der Waals surface area contributed by atoms with E-state index in [2.05, 4.69) is 5.32 Å². The average molecular weight is 284 g/mol. The van der Waals surface area contributed by atoms with Gasteiger partial charge in [-0.1, -0.05) is 12.1 Å².